The third-order valence-corrected chi connectivity index (χ3v) is 3.84. The number of rotatable bonds is 3. The van der Waals surface area contributed by atoms with E-state index < -0.39 is 23.8 Å². The first-order valence-corrected chi connectivity index (χ1v) is 7.29. The molecule has 128 valence electrons. The number of aromatic nitrogens is 3. The SMILES string of the molecule is Cn1ccnc1[C@@H]1OCC[C@H]1NC(=O)c1ccc(C(F)(F)F)cn1. The van der Waals surface area contributed by atoms with E-state index in [-0.39, 0.29) is 11.7 Å². The molecule has 0 unspecified atom stereocenters. The van der Waals surface area contributed by atoms with E-state index in [1.54, 1.807) is 17.0 Å². The van der Waals surface area contributed by atoms with Gasteiger partial charge in [0.1, 0.15) is 17.6 Å². The topological polar surface area (TPSA) is 69.0 Å². The first kappa shape index (κ1) is 16.4. The number of alkyl halides is 3. The number of pyridine rings is 1. The van der Waals surface area contributed by atoms with E-state index in [1.165, 1.54) is 0 Å². The van der Waals surface area contributed by atoms with Crippen molar-refractivity contribution in [3.8, 4) is 0 Å². The third kappa shape index (κ3) is 3.25. The average Bonchev–Trinajstić information content (AvgIpc) is 3.15. The molecule has 24 heavy (non-hydrogen) atoms. The molecule has 1 saturated heterocycles. The minimum Gasteiger partial charge on any atom is -0.368 e. The molecular weight excluding hydrogens is 325 g/mol. The van der Waals surface area contributed by atoms with Gasteiger partial charge in [-0.3, -0.25) is 9.78 Å². The molecule has 1 amide bonds. The van der Waals surface area contributed by atoms with E-state index in [2.05, 4.69) is 15.3 Å². The Morgan fingerprint density at radius 3 is 2.75 bits per heavy atom. The predicted molar refractivity (Wildman–Crippen MR) is 77.0 cm³/mol. The lowest BCUT2D eigenvalue weighted by Gasteiger charge is -2.19. The molecule has 2 aromatic heterocycles. The highest BCUT2D eigenvalue weighted by Crippen LogP contribution is 2.29. The van der Waals surface area contributed by atoms with E-state index in [0.29, 0.717) is 25.0 Å². The second kappa shape index (κ2) is 6.23. The number of nitrogens with zero attached hydrogens (tertiary/aromatic N) is 3. The third-order valence-electron chi connectivity index (χ3n) is 3.84. The molecule has 0 spiro atoms. The summed E-state index contributed by atoms with van der Waals surface area (Å²) in [4.78, 5) is 20.0. The summed E-state index contributed by atoms with van der Waals surface area (Å²) in [6.07, 6.45) is -0.241. The molecule has 2 aromatic rings. The van der Waals surface area contributed by atoms with Crippen molar-refractivity contribution in [1.82, 2.24) is 19.9 Å². The Hall–Kier alpha value is -2.42. The van der Waals surface area contributed by atoms with Crippen molar-refractivity contribution in [2.45, 2.75) is 24.7 Å². The highest BCUT2D eigenvalue weighted by Gasteiger charge is 2.34. The minimum absolute atomic E-state index is 0.0755. The summed E-state index contributed by atoms with van der Waals surface area (Å²) in [6.45, 7) is 0.461. The lowest BCUT2D eigenvalue weighted by molar-refractivity contribution is -0.137. The fourth-order valence-electron chi connectivity index (χ4n) is 2.58. The van der Waals surface area contributed by atoms with Crippen LogP contribution in [0.15, 0.2) is 30.7 Å². The van der Waals surface area contributed by atoms with Crippen LogP contribution in [0.5, 0.6) is 0 Å². The second-order valence-corrected chi connectivity index (χ2v) is 5.49. The van der Waals surface area contributed by atoms with Crippen molar-refractivity contribution >= 4 is 5.91 Å². The summed E-state index contributed by atoms with van der Waals surface area (Å²) in [5, 5.41) is 2.76. The summed E-state index contributed by atoms with van der Waals surface area (Å²) < 4.78 is 45.0. The van der Waals surface area contributed by atoms with E-state index in [9.17, 15) is 18.0 Å². The molecule has 0 aromatic carbocycles. The summed E-state index contributed by atoms with van der Waals surface area (Å²) >= 11 is 0. The van der Waals surface area contributed by atoms with Gasteiger partial charge in [-0.2, -0.15) is 13.2 Å². The molecule has 1 aliphatic rings. The van der Waals surface area contributed by atoms with Gasteiger partial charge < -0.3 is 14.6 Å². The molecule has 1 fully saturated rings. The van der Waals surface area contributed by atoms with Gasteiger partial charge in [0.15, 0.2) is 0 Å². The number of aryl methyl sites for hydroxylation is 1. The van der Waals surface area contributed by atoms with E-state index in [4.69, 9.17) is 4.74 Å². The Morgan fingerprint density at radius 1 is 1.38 bits per heavy atom. The summed E-state index contributed by atoms with van der Waals surface area (Å²) in [7, 11) is 1.82. The van der Waals surface area contributed by atoms with Gasteiger partial charge >= 0.3 is 6.18 Å². The summed E-state index contributed by atoms with van der Waals surface area (Å²) in [5.74, 6) is 0.136. The lowest BCUT2D eigenvalue weighted by Crippen LogP contribution is -2.38. The van der Waals surface area contributed by atoms with Gasteiger partial charge in [-0.05, 0) is 18.6 Å². The minimum atomic E-state index is -4.48. The van der Waals surface area contributed by atoms with Gasteiger partial charge in [-0.15, -0.1) is 0 Å². The molecule has 1 N–H and O–H groups in total. The fraction of sp³-hybridized carbons (Fsp3) is 0.400. The van der Waals surface area contributed by atoms with E-state index in [0.717, 1.165) is 12.1 Å². The van der Waals surface area contributed by atoms with Crippen LogP contribution < -0.4 is 5.32 Å². The van der Waals surface area contributed by atoms with Crippen LogP contribution >= 0.6 is 0 Å². The highest BCUT2D eigenvalue weighted by molar-refractivity contribution is 5.92. The monoisotopic (exact) mass is 340 g/mol. The fourth-order valence-corrected chi connectivity index (χ4v) is 2.58. The molecule has 0 bridgehead atoms. The summed E-state index contributed by atoms with van der Waals surface area (Å²) in [6, 6.07) is 1.58. The Morgan fingerprint density at radius 2 is 2.17 bits per heavy atom. The average molecular weight is 340 g/mol. The van der Waals surface area contributed by atoms with Crippen LogP contribution in [0.1, 0.15) is 34.4 Å². The van der Waals surface area contributed by atoms with Crippen molar-refractivity contribution in [3.05, 3.63) is 47.8 Å². The Bertz CT molecular complexity index is 727. The Labute approximate surface area is 135 Å². The molecule has 0 saturated carbocycles. The van der Waals surface area contributed by atoms with Gasteiger partial charge in [0.2, 0.25) is 0 Å². The molecule has 6 nitrogen and oxygen atoms in total. The van der Waals surface area contributed by atoms with Crippen molar-refractivity contribution < 1.29 is 22.7 Å². The zero-order chi connectivity index (χ0) is 17.3. The molecule has 9 heteroatoms. The van der Waals surface area contributed by atoms with Gasteiger partial charge in [-0.1, -0.05) is 0 Å². The maximum Gasteiger partial charge on any atom is 0.417 e. The standard InChI is InChI=1S/C15H15F3N4O2/c1-22-6-5-19-13(22)12-10(4-7-24-12)21-14(23)11-3-2-9(8-20-11)15(16,17)18/h2-3,5-6,8,10,12H,4,7H2,1H3,(H,21,23)/t10-,12-/m1/s1. The van der Waals surface area contributed by atoms with Crippen LogP contribution in [0.4, 0.5) is 13.2 Å². The van der Waals surface area contributed by atoms with Crippen molar-refractivity contribution in [3.63, 3.8) is 0 Å². The number of hydrogen-bond donors (Lipinski definition) is 1. The number of hydrogen-bond acceptors (Lipinski definition) is 4. The number of carbonyl (C=O) groups is 1. The molecule has 2 atom stereocenters. The Balaban J connectivity index is 1.71. The van der Waals surface area contributed by atoms with Gasteiger partial charge in [-0.25, -0.2) is 4.98 Å². The predicted octanol–water partition coefficient (Wildman–Crippen LogP) is 2.09. The number of carbonyl (C=O) groups excluding carboxylic acids is 1. The number of nitrogens with one attached hydrogen (secondary N) is 1. The second-order valence-electron chi connectivity index (χ2n) is 5.49. The van der Waals surface area contributed by atoms with Gasteiger partial charge in [0.25, 0.3) is 5.91 Å². The van der Waals surface area contributed by atoms with Gasteiger partial charge in [0, 0.05) is 32.2 Å². The normalized spacial score (nSPS) is 21.0. The van der Waals surface area contributed by atoms with Crippen LogP contribution in [0.25, 0.3) is 0 Å². The zero-order valence-electron chi connectivity index (χ0n) is 12.7. The van der Waals surface area contributed by atoms with Crippen molar-refractivity contribution in [2.75, 3.05) is 6.61 Å². The maximum absolute atomic E-state index is 12.5. The molecule has 1 aliphatic heterocycles. The summed E-state index contributed by atoms with van der Waals surface area (Å²) in [5.41, 5.74) is -0.970. The van der Waals surface area contributed by atoms with Crippen LogP contribution in [0, 0.1) is 0 Å². The number of ether oxygens (including phenoxy) is 1. The van der Waals surface area contributed by atoms with Crippen molar-refractivity contribution in [1.29, 1.82) is 0 Å². The largest absolute Gasteiger partial charge is 0.417 e. The Kier molecular flexibility index (Phi) is 4.27. The van der Waals surface area contributed by atoms with Gasteiger partial charge in [0.05, 0.1) is 11.6 Å². The quantitative estimate of drug-likeness (QED) is 0.929. The molecule has 3 rings (SSSR count). The molecule has 0 aliphatic carbocycles. The van der Waals surface area contributed by atoms with Crippen LogP contribution in [-0.2, 0) is 18.0 Å². The lowest BCUT2D eigenvalue weighted by atomic mass is 10.1. The van der Waals surface area contributed by atoms with Crippen LogP contribution in [-0.4, -0.2) is 33.1 Å². The first-order valence-electron chi connectivity index (χ1n) is 7.29. The zero-order valence-corrected chi connectivity index (χ0v) is 12.7. The number of amides is 1. The first-order chi connectivity index (χ1) is 11.4. The van der Waals surface area contributed by atoms with Crippen LogP contribution in [0.2, 0.25) is 0 Å². The van der Waals surface area contributed by atoms with Crippen molar-refractivity contribution in [2.24, 2.45) is 7.05 Å². The van der Waals surface area contributed by atoms with E-state index >= 15 is 0 Å². The maximum atomic E-state index is 12.5. The van der Waals surface area contributed by atoms with Crippen LogP contribution in [0.3, 0.4) is 0 Å². The highest BCUT2D eigenvalue weighted by atomic mass is 19.4. The smallest absolute Gasteiger partial charge is 0.368 e. The molecule has 0 radical (unpaired) electrons. The van der Waals surface area contributed by atoms with E-state index in [1.807, 2.05) is 7.05 Å². The molecular formula is C15H15F3N4O2. The molecule has 3 heterocycles. The number of halogens is 3. The number of imidazole rings is 1.